The Kier molecular flexibility index (Phi) is 6.66. The molecule has 148 valence electrons. The fourth-order valence-electron chi connectivity index (χ4n) is 2.44. The molecular formula is C20H13Cl2N7O. The van der Waals surface area contributed by atoms with E-state index < -0.39 is 0 Å². The van der Waals surface area contributed by atoms with Gasteiger partial charge in [0.25, 0.3) is 0 Å². The monoisotopic (exact) mass is 437 g/mol. The van der Waals surface area contributed by atoms with Crippen LogP contribution in [0, 0.1) is 22.7 Å². The normalized spacial score (nSPS) is 10.3. The molecule has 2 N–H and O–H groups in total. The fraction of sp³-hybridized carbons (Fsp3) is 0.0500. The molecule has 0 saturated heterocycles. The predicted molar refractivity (Wildman–Crippen MR) is 115 cm³/mol. The van der Waals surface area contributed by atoms with E-state index in [4.69, 9.17) is 38.5 Å². The quantitative estimate of drug-likeness (QED) is 0.511. The van der Waals surface area contributed by atoms with Gasteiger partial charge >= 0.3 is 0 Å². The van der Waals surface area contributed by atoms with Crippen molar-refractivity contribution in [3.63, 3.8) is 0 Å². The van der Waals surface area contributed by atoms with E-state index in [-0.39, 0.29) is 16.9 Å². The van der Waals surface area contributed by atoms with Crippen LogP contribution in [0.5, 0.6) is 5.75 Å². The van der Waals surface area contributed by atoms with Crippen LogP contribution < -0.4 is 15.4 Å². The van der Waals surface area contributed by atoms with E-state index in [1.54, 1.807) is 42.5 Å². The van der Waals surface area contributed by atoms with Gasteiger partial charge in [-0.1, -0.05) is 23.2 Å². The number of nitrogens with zero attached hydrogens (tertiary/aromatic N) is 5. The number of hydrogen-bond acceptors (Lipinski definition) is 8. The Morgan fingerprint density at radius 2 is 1.83 bits per heavy atom. The van der Waals surface area contributed by atoms with Gasteiger partial charge in [0.1, 0.15) is 11.4 Å². The molecule has 0 saturated carbocycles. The summed E-state index contributed by atoms with van der Waals surface area (Å²) in [6.07, 6.45) is 2.95. The van der Waals surface area contributed by atoms with Crippen LogP contribution in [0.2, 0.25) is 10.2 Å². The van der Waals surface area contributed by atoms with Gasteiger partial charge in [0.15, 0.2) is 11.0 Å². The largest absolute Gasteiger partial charge is 0.494 e. The van der Waals surface area contributed by atoms with Crippen molar-refractivity contribution in [1.29, 1.82) is 10.5 Å². The summed E-state index contributed by atoms with van der Waals surface area (Å²) in [7, 11) is 1.49. The zero-order valence-corrected chi connectivity index (χ0v) is 17.0. The van der Waals surface area contributed by atoms with Gasteiger partial charge in [-0.25, -0.2) is 0 Å². The summed E-state index contributed by atoms with van der Waals surface area (Å²) in [5.74, 6) is 0.832. The van der Waals surface area contributed by atoms with Crippen LogP contribution in [-0.2, 0) is 0 Å². The SMILES string of the molecule is COc1cc(/C=C/C#N)cc(Cl)c1Nc1nnc(Cl)c(Nc2ccc(C#N)cc2)n1. The van der Waals surface area contributed by atoms with Crippen LogP contribution in [0.15, 0.2) is 42.5 Å². The highest BCUT2D eigenvalue weighted by Gasteiger charge is 2.14. The van der Waals surface area contributed by atoms with Crippen LogP contribution >= 0.6 is 23.2 Å². The number of rotatable bonds is 6. The van der Waals surface area contributed by atoms with Gasteiger partial charge in [-0.3, -0.25) is 0 Å². The molecule has 3 rings (SSSR count). The van der Waals surface area contributed by atoms with Gasteiger partial charge in [-0.15, -0.1) is 10.2 Å². The van der Waals surface area contributed by atoms with Gasteiger partial charge in [0.2, 0.25) is 5.95 Å². The molecule has 1 heterocycles. The number of methoxy groups -OCH3 is 1. The fourth-order valence-corrected chi connectivity index (χ4v) is 2.83. The Hall–Kier alpha value is -3.85. The first kappa shape index (κ1) is 20.9. The van der Waals surface area contributed by atoms with Crippen molar-refractivity contribution < 1.29 is 4.74 Å². The van der Waals surface area contributed by atoms with Crippen LogP contribution in [0.3, 0.4) is 0 Å². The van der Waals surface area contributed by atoms with E-state index in [0.29, 0.717) is 33.3 Å². The van der Waals surface area contributed by atoms with E-state index >= 15 is 0 Å². The summed E-state index contributed by atoms with van der Waals surface area (Å²) in [5, 5.41) is 31.8. The Morgan fingerprint density at radius 3 is 2.50 bits per heavy atom. The van der Waals surface area contributed by atoms with Gasteiger partial charge in [-0.2, -0.15) is 15.5 Å². The lowest BCUT2D eigenvalue weighted by molar-refractivity contribution is 0.416. The molecule has 0 fully saturated rings. The van der Waals surface area contributed by atoms with Crippen LogP contribution in [0.25, 0.3) is 6.08 Å². The van der Waals surface area contributed by atoms with E-state index in [2.05, 4.69) is 31.9 Å². The van der Waals surface area contributed by atoms with Gasteiger partial charge in [0, 0.05) is 11.8 Å². The molecule has 3 aromatic rings. The molecule has 30 heavy (non-hydrogen) atoms. The van der Waals surface area contributed by atoms with Crippen molar-refractivity contribution in [2.24, 2.45) is 0 Å². The zero-order chi connectivity index (χ0) is 21.5. The number of allylic oxidation sites excluding steroid dienone is 1. The molecule has 0 amide bonds. The number of halogens is 2. The first-order valence-corrected chi connectivity index (χ1v) is 9.17. The molecule has 10 heteroatoms. The third-order valence-electron chi connectivity index (χ3n) is 3.81. The zero-order valence-electron chi connectivity index (χ0n) is 15.5. The summed E-state index contributed by atoms with van der Waals surface area (Å²) >= 11 is 12.5. The minimum atomic E-state index is 0.0694. The molecule has 0 aliphatic carbocycles. The van der Waals surface area contributed by atoms with E-state index in [0.717, 1.165) is 0 Å². The highest BCUT2D eigenvalue weighted by atomic mass is 35.5. The summed E-state index contributed by atoms with van der Waals surface area (Å²) in [5.41, 5.74) is 2.33. The maximum atomic E-state index is 8.89. The van der Waals surface area contributed by atoms with Crippen LogP contribution in [0.1, 0.15) is 11.1 Å². The molecule has 0 aliphatic rings. The van der Waals surface area contributed by atoms with Crippen LogP contribution in [0.4, 0.5) is 23.1 Å². The summed E-state index contributed by atoms with van der Waals surface area (Å²) < 4.78 is 5.38. The van der Waals surface area contributed by atoms with Gasteiger partial charge < -0.3 is 15.4 Å². The molecule has 8 nitrogen and oxygen atoms in total. The van der Waals surface area contributed by atoms with E-state index in [9.17, 15) is 0 Å². The molecular weight excluding hydrogens is 425 g/mol. The van der Waals surface area contributed by atoms with Crippen molar-refractivity contribution in [3.05, 3.63) is 63.8 Å². The molecule has 1 aromatic heterocycles. The molecule has 0 bridgehead atoms. The van der Waals surface area contributed by atoms with Gasteiger partial charge in [0.05, 0.1) is 29.8 Å². The first-order chi connectivity index (χ1) is 14.5. The predicted octanol–water partition coefficient (Wildman–Crippen LogP) is 5.08. The number of nitriles is 2. The minimum Gasteiger partial charge on any atom is -0.494 e. The second-order valence-electron chi connectivity index (χ2n) is 5.76. The van der Waals surface area contributed by atoms with E-state index in [1.165, 1.54) is 13.2 Å². The van der Waals surface area contributed by atoms with Crippen LogP contribution in [-0.4, -0.2) is 22.3 Å². The van der Waals surface area contributed by atoms with Crippen molar-refractivity contribution in [1.82, 2.24) is 15.2 Å². The minimum absolute atomic E-state index is 0.0694. The standard InChI is InChI=1S/C20H13Cl2N7O/c1-30-16-10-13(3-2-8-23)9-15(21)17(16)26-20-27-19(18(22)28-29-20)25-14-6-4-12(11-24)5-7-14/h2-7,9-10H,1H3,(H2,25,26,27,29)/b3-2+. The third-order valence-corrected chi connectivity index (χ3v) is 4.36. The second-order valence-corrected chi connectivity index (χ2v) is 6.52. The Bertz CT molecular complexity index is 1180. The Morgan fingerprint density at radius 1 is 1.07 bits per heavy atom. The highest BCUT2D eigenvalue weighted by molar-refractivity contribution is 6.34. The second kappa shape index (κ2) is 9.57. The lowest BCUT2D eigenvalue weighted by Gasteiger charge is -2.14. The maximum absolute atomic E-state index is 8.89. The Balaban J connectivity index is 1.88. The molecule has 0 radical (unpaired) electrons. The third kappa shape index (κ3) is 4.95. The molecule has 2 aromatic carbocycles. The number of hydrogen-bond donors (Lipinski definition) is 2. The summed E-state index contributed by atoms with van der Waals surface area (Å²) in [6, 6.07) is 14.1. The molecule has 0 atom stereocenters. The van der Waals surface area contributed by atoms with Crippen molar-refractivity contribution in [2.45, 2.75) is 0 Å². The first-order valence-electron chi connectivity index (χ1n) is 8.42. The number of benzene rings is 2. The number of anilines is 4. The lowest BCUT2D eigenvalue weighted by Crippen LogP contribution is -2.05. The summed E-state index contributed by atoms with van der Waals surface area (Å²) in [4.78, 5) is 4.33. The Labute approximate surface area is 182 Å². The number of nitrogens with one attached hydrogen (secondary N) is 2. The average molecular weight is 438 g/mol. The smallest absolute Gasteiger partial charge is 0.249 e. The molecule has 0 unspecified atom stereocenters. The van der Waals surface area contributed by atoms with Crippen molar-refractivity contribution in [2.75, 3.05) is 17.7 Å². The maximum Gasteiger partial charge on any atom is 0.249 e. The van der Waals surface area contributed by atoms with E-state index in [1.807, 2.05) is 6.07 Å². The lowest BCUT2D eigenvalue weighted by atomic mass is 10.1. The number of aromatic nitrogens is 3. The average Bonchev–Trinajstić information content (AvgIpc) is 2.76. The number of ether oxygens (including phenoxy) is 1. The molecule has 0 spiro atoms. The van der Waals surface area contributed by atoms with Crippen molar-refractivity contribution in [3.8, 4) is 17.9 Å². The van der Waals surface area contributed by atoms with Crippen molar-refractivity contribution >= 4 is 52.4 Å². The van der Waals surface area contributed by atoms with Gasteiger partial charge in [-0.05, 0) is 48.0 Å². The molecule has 0 aliphatic heterocycles. The topological polar surface area (TPSA) is 120 Å². The summed E-state index contributed by atoms with van der Waals surface area (Å²) in [6.45, 7) is 0. The highest BCUT2D eigenvalue weighted by Crippen LogP contribution is 2.36.